The molecule has 0 radical (unpaired) electrons. The van der Waals surface area contributed by atoms with E-state index in [9.17, 15) is 14.4 Å². The Morgan fingerprint density at radius 3 is 2.32 bits per heavy atom. The van der Waals surface area contributed by atoms with Crippen LogP contribution in [0.4, 0.5) is 0 Å². The highest BCUT2D eigenvalue weighted by atomic mass is 16.2. The Labute approximate surface area is 113 Å². The van der Waals surface area contributed by atoms with Gasteiger partial charge in [-0.2, -0.15) is 0 Å². The van der Waals surface area contributed by atoms with E-state index in [2.05, 4.69) is 16.0 Å². The number of nitrogens with zero attached hydrogens (tertiary/aromatic N) is 1. The first kappa shape index (κ1) is 15.4. The fraction of sp³-hybridized carbons (Fsp3) is 0.750. The number of piperazine rings is 1. The Morgan fingerprint density at radius 1 is 1.21 bits per heavy atom. The van der Waals surface area contributed by atoms with Gasteiger partial charge in [0, 0.05) is 39.8 Å². The number of amides is 3. The van der Waals surface area contributed by atoms with E-state index < -0.39 is 17.2 Å². The van der Waals surface area contributed by atoms with Gasteiger partial charge in [-0.1, -0.05) is 0 Å². The van der Waals surface area contributed by atoms with Gasteiger partial charge in [-0.3, -0.25) is 14.4 Å². The third kappa shape index (κ3) is 4.20. The Hall–Kier alpha value is -1.63. The predicted molar refractivity (Wildman–Crippen MR) is 70.3 cm³/mol. The average Bonchev–Trinajstić information content (AvgIpc) is 2.43. The minimum absolute atomic E-state index is 0.128. The van der Waals surface area contributed by atoms with Crippen LogP contribution in [-0.4, -0.2) is 62.4 Å². The molecule has 7 nitrogen and oxygen atoms in total. The molecule has 3 amide bonds. The van der Waals surface area contributed by atoms with Crippen molar-refractivity contribution in [3.8, 4) is 0 Å². The Kier molecular flexibility index (Phi) is 5.29. The van der Waals surface area contributed by atoms with Crippen molar-refractivity contribution in [2.24, 2.45) is 5.41 Å². The van der Waals surface area contributed by atoms with Gasteiger partial charge >= 0.3 is 11.8 Å². The maximum atomic E-state index is 11.8. The maximum absolute atomic E-state index is 11.8. The van der Waals surface area contributed by atoms with E-state index in [4.69, 9.17) is 0 Å². The smallest absolute Gasteiger partial charge is 0.311 e. The van der Waals surface area contributed by atoms with E-state index in [1.54, 1.807) is 13.8 Å². The highest BCUT2D eigenvalue weighted by Crippen LogP contribution is 2.13. The van der Waals surface area contributed by atoms with Crippen molar-refractivity contribution in [2.45, 2.75) is 13.8 Å². The molecule has 1 rings (SSSR count). The standard InChI is InChI=1S/C12H22N4O3/c1-12(2,11(19)13-3)8-15-9(17)10(18)16-6-4-14-5-7-16/h14H,4-8H2,1-3H3,(H,13,19)(H,15,17). The van der Waals surface area contributed by atoms with Crippen LogP contribution in [-0.2, 0) is 14.4 Å². The molecular weight excluding hydrogens is 248 g/mol. The molecule has 1 aliphatic heterocycles. The Balaban J connectivity index is 2.46. The molecule has 0 saturated carbocycles. The number of rotatable bonds is 3. The van der Waals surface area contributed by atoms with Crippen molar-refractivity contribution >= 4 is 17.7 Å². The number of nitrogens with one attached hydrogen (secondary N) is 3. The zero-order valence-corrected chi connectivity index (χ0v) is 11.7. The van der Waals surface area contributed by atoms with Gasteiger partial charge in [-0.25, -0.2) is 0 Å². The fourth-order valence-electron chi connectivity index (χ4n) is 1.81. The quantitative estimate of drug-likeness (QED) is 0.534. The monoisotopic (exact) mass is 270 g/mol. The molecule has 1 fully saturated rings. The van der Waals surface area contributed by atoms with E-state index in [1.165, 1.54) is 11.9 Å². The van der Waals surface area contributed by atoms with Gasteiger partial charge in [-0.15, -0.1) is 0 Å². The van der Waals surface area contributed by atoms with E-state index in [0.717, 1.165) is 0 Å². The Morgan fingerprint density at radius 2 is 1.79 bits per heavy atom. The lowest BCUT2D eigenvalue weighted by atomic mass is 9.92. The average molecular weight is 270 g/mol. The van der Waals surface area contributed by atoms with Crippen LogP contribution >= 0.6 is 0 Å². The third-order valence-corrected chi connectivity index (χ3v) is 3.13. The number of carbonyl (C=O) groups is 3. The van der Waals surface area contributed by atoms with Crippen LogP contribution in [0.5, 0.6) is 0 Å². The molecule has 19 heavy (non-hydrogen) atoms. The van der Waals surface area contributed by atoms with E-state index in [0.29, 0.717) is 26.2 Å². The zero-order chi connectivity index (χ0) is 14.5. The summed E-state index contributed by atoms with van der Waals surface area (Å²) in [5.41, 5.74) is -0.742. The van der Waals surface area contributed by atoms with Crippen LogP contribution in [0, 0.1) is 5.41 Å². The fourth-order valence-corrected chi connectivity index (χ4v) is 1.81. The summed E-state index contributed by atoms with van der Waals surface area (Å²) in [6, 6.07) is 0. The third-order valence-electron chi connectivity index (χ3n) is 3.13. The molecule has 0 aromatic rings. The predicted octanol–water partition coefficient (Wildman–Crippen LogP) is -1.69. The van der Waals surface area contributed by atoms with Crippen molar-refractivity contribution < 1.29 is 14.4 Å². The molecule has 1 heterocycles. The molecule has 108 valence electrons. The summed E-state index contributed by atoms with van der Waals surface area (Å²) in [4.78, 5) is 36.6. The summed E-state index contributed by atoms with van der Waals surface area (Å²) in [6.07, 6.45) is 0. The first-order chi connectivity index (χ1) is 8.88. The zero-order valence-electron chi connectivity index (χ0n) is 11.7. The molecule has 3 N–H and O–H groups in total. The van der Waals surface area contributed by atoms with Crippen LogP contribution in [0.25, 0.3) is 0 Å². The summed E-state index contributed by atoms with van der Waals surface area (Å²) in [5, 5.41) is 8.16. The van der Waals surface area contributed by atoms with Gasteiger partial charge in [0.25, 0.3) is 0 Å². The molecule has 0 unspecified atom stereocenters. The summed E-state index contributed by atoms with van der Waals surface area (Å²) in [6.45, 7) is 6.01. The first-order valence-electron chi connectivity index (χ1n) is 6.38. The molecule has 1 saturated heterocycles. The molecule has 0 atom stereocenters. The Bertz CT molecular complexity index is 362. The second-order valence-electron chi connectivity index (χ2n) is 5.19. The largest absolute Gasteiger partial charge is 0.359 e. The number of hydrogen-bond donors (Lipinski definition) is 3. The molecule has 0 bridgehead atoms. The van der Waals surface area contributed by atoms with Gasteiger partial charge in [0.15, 0.2) is 0 Å². The highest BCUT2D eigenvalue weighted by Gasteiger charge is 2.29. The van der Waals surface area contributed by atoms with Crippen molar-refractivity contribution in [1.29, 1.82) is 0 Å². The maximum Gasteiger partial charge on any atom is 0.311 e. The van der Waals surface area contributed by atoms with E-state index >= 15 is 0 Å². The number of carbonyl (C=O) groups excluding carboxylic acids is 3. The van der Waals surface area contributed by atoms with Crippen molar-refractivity contribution in [3.63, 3.8) is 0 Å². The second kappa shape index (κ2) is 6.51. The summed E-state index contributed by atoms with van der Waals surface area (Å²) in [7, 11) is 1.54. The van der Waals surface area contributed by atoms with Gasteiger partial charge in [0.1, 0.15) is 0 Å². The SMILES string of the molecule is CNC(=O)C(C)(C)CNC(=O)C(=O)N1CCNCC1. The lowest BCUT2D eigenvalue weighted by Crippen LogP contribution is -2.53. The summed E-state index contributed by atoms with van der Waals surface area (Å²) >= 11 is 0. The van der Waals surface area contributed by atoms with E-state index in [-0.39, 0.29) is 12.5 Å². The molecular formula is C12H22N4O3. The second-order valence-corrected chi connectivity index (χ2v) is 5.19. The lowest BCUT2D eigenvalue weighted by molar-refractivity contribution is -0.146. The molecule has 0 aromatic carbocycles. The molecule has 1 aliphatic rings. The van der Waals surface area contributed by atoms with Crippen LogP contribution in [0.1, 0.15) is 13.8 Å². The molecule has 0 aliphatic carbocycles. The van der Waals surface area contributed by atoms with Gasteiger partial charge in [0.2, 0.25) is 5.91 Å². The lowest BCUT2D eigenvalue weighted by Gasteiger charge is -2.27. The minimum atomic E-state index is -0.742. The number of hydrogen-bond acceptors (Lipinski definition) is 4. The first-order valence-corrected chi connectivity index (χ1v) is 6.38. The topological polar surface area (TPSA) is 90.5 Å². The molecule has 0 spiro atoms. The van der Waals surface area contributed by atoms with Crippen molar-refractivity contribution in [3.05, 3.63) is 0 Å². The molecule has 0 aromatic heterocycles. The van der Waals surface area contributed by atoms with Crippen molar-refractivity contribution in [1.82, 2.24) is 20.9 Å². The van der Waals surface area contributed by atoms with Crippen LogP contribution in [0.15, 0.2) is 0 Å². The van der Waals surface area contributed by atoms with Gasteiger partial charge in [-0.05, 0) is 13.8 Å². The van der Waals surface area contributed by atoms with Crippen LogP contribution in [0.3, 0.4) is 0 Å². The normalized spacial score (nSPS) is 15.8. The van der Waals surface area contributed by atoms with Crippen LogP contribution < -0.4 is 16.0 Å². The van der Waals surface area contributed by atoms with E-state index in [1.807, 2.05) is 0 Å². The summed E-state index contributed by atoms with van der Waals surface area (Å²) < 4.78 is 0. The van der Waals surface area contributed by atoms with Gasteiger partial charge < -0.3 is 20.9 Å². The van der Waals surface area contributed by atoms with Crippen LogP contribution in [0.2, 0.25) is 0 Å². The van der Waals surface area contributed by atoms with Gasteiger partial charge in [0.05, 0.1) is 5.41 Å². The highest BCUT2D eigenvalue weighted by molar-refractivity contribution is 6.35. The minimum Gasteiger partial charge on any atom is -0.359 e. The molecule has 7 heteroatoms. The van der Waals surface area contributed by atoms with Crippen molar-refractivity contribution in [2.75, 3.05) is 39.8 Å². The summed E-state index contributed by atoms with van der Waals surface area (Å²) in [5.74, 6) is -1.37.